The van der Waals surface area contributed by atoms with Gasteiger partial charge < -0.3 is 9.67 Å². The van der Waals surface area contributed by atoms with Gasteiger partial charge in [0.15, 0.2) is 0 Å². The van der Waals surface area contributed by atoms with E-state index in [2.05, 4.69) is 6.92 Å². The zero-order chi connectivity index (χ0) is 14.4. The Bertz CT molecular complexity index is 519. The first-order valence-corrected chi connectivity index (χ1v) is 6.60. The summed E-state index contributed by atoms with van der Waals surface area (Å²) in [7, 11) is 3.12. The van der Waals surface area contributed by atoms with Crippen molar-refractivity contribution < 1.29 is 5.11 Å². The molecule has 1 aromatic rings. The number of rotatable bonds is 7. The summed E-state index contributed by atoms with van der Waals surface area (Å²) in [6.45, 7) is 3.99. The highest BCUT2D eigenvalue weighted by molar-refractivity contribution is 5.05. The van der Waals surface area contributed by atoms with E-state index in [1.165, 1.54) is 11.6 Å². The van der Waals surface area contributed by atoms with Crippen molar-refractivity contribution in [2.24, 2.45) is 14.1 Å². The molecule has 6 heteroatoms. The van der Waals surface area contributed by atoms with Gasteiger partial charge in [-0.25, -0.2) is 4.79 Å². The molecule has 0 saturated heterocycles. The van der Waals surface area contributed by atoms with Gasteiger partial charge in [-0.1, -0.05) is 13.3 Å². The van der Waals surface area contributed by atoms with Crippen molar-refractivity contribution in [2.45, 2.75) is 26.3 Å². The molecule has 0 unspecified atom stereocenters. The van der Waals surface area contributed by atoms with Gasteiger partial charge >= 0.3 is 5.69 Å². The van der Waals surface area contributed by atoms with E-state index in [1.807, 2.05) is 4.90 Å². The lowest BCUT2D eigenvalue weighted by atomic mass is 10.2. The second-order valence-electron chi connectivity index (χ2n) is 4.77. The molecule has 1 N–H and O–H groups in total. The number of hydrogen-bond donors (Lipinski definition) is 1. The molecule has 0 spiro atoms. The fourth-order valence-electron chi connectivity index (χ4n) is 2.03. The Balaban J connectivity index is 2.96. The molecular weight excluding hydrogens is 246 g/mol. The van der Waals surface area contributed by atoms with Crippen LogP contribution in [0.2, 0.25) is 0 Å². The maximum atomic E-state index is 12.0. The molecule has 0 amide bonds. The standard InChI is InChI=1S/C13H23N3O3/c1-4-5-6-16(7-8-17)10-11-9-14(2)13(19)15(3)12(11)18/h9,17H,4-8,10H2,1-3H3. The largest absolute Gasteiger partial charge is 0.395 e. The van der Waals surface area contributed by atoms with Gasteiger partial charge in [0.25, 0.3) is 5.56 Å². The first kappa shape index (κ1) is 15.7. The average molecular weight is 269 g/mol. The van der Waals surface area contributed by atoms with Gasteiger partial charge in [-0.15, -0.1) is 0 Å². The molecule has 1 aromatic heterocycles. The van der Waals surface area contributed by atoms with Crippen LogP contribution in [0.3, 0.4) is 0 Å². The number of aliphatic hydroxyl groups excluding tert-OH is 1. The summed E-state index contributed by atoms with van der Waals surface area (Å²) in [5.41, 5.74) is -0.00675. The van der Waals surface area contributed by atoms with E-state index in [1.54, 1.807) is 13.2 Å². The topological polar surface area (TPSA) is 67.5 Å². The van der Waals surface area contributed by atoms with E-state index < -0.39 is 0 Å². The van der Waals surface area contributed by atoms with Crippen LogP contribution in [0, 0.1) is 0 Å². The van der Waals surface area contributed by atoms with Gasteiger partial charge in [-0.3, -0.25) is 14.3 Å². The normalized spacial score (nSPS) is 11.2. The summed E-state index contributed by atoms with van der Waals surface area (Å²) in [6, 6.07) is 0. The molecule has 0 aliphatic heterocycles. The van der Waals surface area contributed by atoms with Crippen molar-refractivity contribution in [2.75, 3.05) is 19.7 Å². The fourth-order valence-corrected chi connectivity index (χ4v) is 2.03. The lowest BCUT2D eigenvalue weighted by molar-refractivity contribution is 0.187. The monoisotopic (exact) mass is 269 g/mol. The summed E-state index contributed by atoms with van der Waals surface area (Å²) >= 11 is 0. The van der Waals surface area contributed by atoms with Crippen molar-refractivity contribution >= 4 is 0 Å². The molecule has 19 heavy (non-hydrogen) atoms. The minimum absolute atomic E-state index is 0.0653. The van der Waals surface area contributed by atoms with E-state index >= 15 is 0 Å². The minimum atomic E-state index is -0.323. The van der Waals surface area contributed by atoms with Gasteiger partial charge in [-0.2, -0.15) is 0 Å². The molecule has 6 nitrogen and oxygen atoms in total. The Kier molecular flexibility index (Phi) is 5.98. The predicted molar refractivity (Wildman–Crippen MR) is 74.2 cm³/mol. The van der Waals surface area contributed by atoms with E-state index in [0.717, 1.165) is 24.0 Å². The van der Waals surface area contributed by atoms with E-state index in [0.29, 0.717) is 18.7 Å². The third kappa shape index (κ3) is 4.04. The van der Waals surface area contributed by atoms with Crippen LogP contribution in [0.25, 0.3) is 0 Å². The molecule has 0 aliphatic rings. The van der Waals surface area contributed by atoms with Crippen molar-refractivity contribution in [1.82, 2.24) is 14.0 Å². The van der Waals surface area contributed by atoms with Crippen LogP contribution in [0.15, 0.2) is 15.8 Å². The molecule has 0 fully saturated rings. The van der Waals surface area contributed by atoms with Crippen LogP contribution < -0.4 is 11.2 Å². The van der Waals surface area contributed by atoms with Gasteiger partial charge in [0.1, 0.15) is 0 Å². The predicted octanol–water partition coefficient (Wildman–Crippen LogP) is -0.322. The SMILES string of the molecule is CCCCN(CCO)Cc1cn(C)c(=O)n(C)c1=O. The molecule has 1 heterocycles. The third-order valence-electron chi connectivity index (χ3n) is 3.16. The first-order chi connectivity index (χ1) is 9.01. The third-order valence-corrected chi connectivity index (χ3v) is 3.16. The van der Waals surface area contributed by atoms with Crippen LogP contribution in [-0.2, 0) is 20.6 Å². The zero-order valence-electron chi connectivity index (χ0n) is 11.9. The maximum Gasteiger partial charge on any atom is 0.330 e. The van der Waals surface area contributed by atoms with E-state index in [4.69, 9.17) is 5.11 Å². The molecule has 0 saturated carbocycles. The summed E-state index contributed by atoms with van der Waals surface area (Å²) in [5.74, 6) is 0. The minimum Gasteiger partial charge on any atom is -0.395 e. The molecule has 0 aromatic carbocycles. The smallest absolute Gasteiger partial charge is 0.330 e. The van der Waals surface area contributed by atoms with E-state index in [-0.39, 0.29) is 17.9 Å². The molecule has 0 atom stereocenters. The van der Waals surface area contributed by atoms with E-state index in [9.17, 15) is 9.59 Å². The lowest BCUT2D eigenvalue weighted by Gasteiger charge is -2.21. The highest BCUT2D eigenvalue weighted by Crippen LogP contribution is 2.01. The number of aryl methyl sites for hydroxylation is 1. The van der Waals surface area contributed by atoms with Crippen molar-refractivity contribution in [3.63, 3.8) is 0 Å². The maximum absolute atomic E-state index is 12.0. The van der Waals surface area contributed by atoms with Crippen molar-refractivity contribution in [3.8, 4) is 0 Å². The molecule has 0 aliphatic carbocycles. The Morgan fingerprint density at radius 3 is 2.53 bits per heavy atom. The average Bonchev–Trinajstić information content (AvgIpc) is 2.39. The quantitative estimate of drug-likeness (QED) is 0.736. The molecular formula is C13H23N3O3. The Hall–Kier alpha value is -1.40. The van der Waals surface area contributed by atoms with Crippen LogP contribution in [0.4, 0.5) is 0 Å². The Labute approximate surface area is 112 Å². The summed E-state index contributed by atoms with van der Waals surface area (Å²) in [4.78, 5) is 25.6. The second-order valence-corrected chi connectivity index (χ2v) is 4.77. The van der Waals surface area contributed by atoms with Gasteiger partial charge in [0.05, 0.1) is 6.61 Å². The second kappa shape index (κ2) is 7.25. The number of aliphatic hydroxyl groups is 1. The van der Waals surface area contributed by atoms with Crippen LogP contribution >= 0.6 is 0 Å². The molecule has 0 radical (unpaired) electrons. The Morgan fingerprint density at radius 2 is 1.95 bits per heavy atom. The fraction of sp³-hybridized carbons (Fsp3) is 0.692. The number of unbranched alkanes of at least 4 members (excludes halogenated alkanes) is 1. The summed E-state index contributed by atoms with van der Waals surface area (Å²) in [6.07, 6.45) is 3.67. The highest BCUT2D eigenvalue weighted by atomic mass is 16.3. The number of aromatic nitrogens is 2. The Morgan fingerprint density at radius 1 is 1.26 bits per heavy atom. The van der Waals surface area contributed by atoms with Crippen molar-refractivity contribution in [1.29, 1.82) is 0 Å². The van der Waals surface area contributed by atoms with Crippen LogP contribution in [0.5, 0.6) is 0 Å². The first-order valence-electron chi connectivity index (χ1n) is 6.60. The summed E-state index contributed by atoms with van der Waals surface area (Å²) < 4.78 is 2.53. The molecule has 1 rings (SSSR count). The number of hydrogen-bond acceptors (Lipinski definition) is 4. The summed E-state index contributed by atoms with van der Waals surface area (Å²) in [5, 5.41) is 9.06. The number of nitrogens with zero attached hydrogens (tertiary/aromatic N) is 3. The molecule has 0 bridgehead atoms. The van der Waals surface area contributed by atoms with Crippen molar-refractivity contribution in [3.05, 3.63) is 32.6 Å². The van der Waals surface area contributed by atoms with Gasteiger partial charge in [-0.05, 0) is 13.0 Å². The zero-order valence-corrected chi connectivity index (χ0v) is 11.9. The lowest BCUT2D eigenvalue weighted by Crippen LogP contribution is -2.40. The van der Waals surface area contributed by atoms with Gasteiger partial charge in [0.2, 0.25) is 0 Å². The highest BCUT2D eigenvalue weighted by Gasteiger charge is 2.11. The molecule has 108 valence electrons. The van der Waals surface area contributed by atoms with Crippen LogP contribution in [0.1, 0.15) is 25.3 Å². The van der Waals surface area contributed by atoms with Crippen LogP contribution in [-0.4, -0.2) is 38.8 Å². The van der Waals surface area contributed by atoms with Gasteiger partial charge in [0, 0.05) is 38.9 Å².